The predicted molar refractivity (Wildman–Crippen MR) is 98.6 cm³/mol. The quantitative estimate of drug-likeness (QED) is 0.695. The number of rotatable bonds is 9. The zero-order valence-electron chi connectivity index (χ0n) is 15.0. The Balaban J connectivity index is 2.11. The second-order valence-electron chi connectivity index (χ2n) is 5.66. The fraction of sp³-hybridized carbons (Fsp3) is 0.350. The fourth-order valence-corrected chi connectivity index (χ4v) is 2.25. The number of hydrogen-bond donors (Lipinski definition) is 1. The Kier molecular flexibility index (Phi) is 7.29. The number of anilines is 1. The van der Waals surface area contributed by atoms with Gasteiger partial charge in [-0.15, -0.1) is 0 Å². The van der Waals surface area contributed by atoms with E-state index in [9.17, 15) is 4.79 Å². The maximum atomic E-state index is 12.7. The van der Waals surface area contributed by atoms with Crippen molar-refractivity contribution in [2.75, 3.05) is 25.1 Å². The van der Waals surface area contributed by atoms with E-state index < -0.39 is 0 Å². The minimum absolute atomic E-state index is 0.0206. The molecule has 2 aromatic carbocycles. The highest BCUT2D eigenvalue weighted by molar-refractivity contribution is 6.06. The minimum Gasteiger partial charge on any atom is -0.490 e. The van der Waals surface area contributed by atoms with Gasteiger partial charge in [0.1, 0.15) is 18.1 Å². The van der Waals surface area contributed by atoms with Gasteiger partial charge in [-0.2, -0.15) is 0 Å². The van der Waals surface area contributed by atoms with Crippen molar-refractivity contribution in [3.63, 3.8) is 0 Å². The largest absolute Gasteiger partial charge is 0.490 e. The number of para-hydroxylation sites is 3. The van der Waals surface area contributed by atoms with Gasteiger partial charge in [0, 0.05) is 6.61 Å². The molecule has 1 amide bonds. The zero-order chi connectivity index (χ0) is 18.1. The summed E-state index contributed by atoms with van der Waals surface area (Å²) in [4.78, 5) is 12.7. The third-order valence-electron chi connectivity index (χ3n) is 3.32. The third-order valence-corrected chi connectivity index (χ3v) is 3.32. The van der Waals surface area contributed by atoms with Gasteiger partial charge in [0.2, 0.25) is 0 Å². The molecule has 134 valence electrons. The van der Waals surface area contributed by atoms with Crippen LogP contribution in [0.4, 0.5) is 5.69 Å². The third kappa shape index (κ3) is 5.80. The van der Waals surface area contributed by atoms with E-state index in [1.54, 1.807) is 18.2 Å². The fourth-order valence-electron chi connectivity index (χ4n) is 2.25. The van der Waals surface area contributed by atoms with Gasteiger partial charge in [-0.25, -0.2) is 0 Å². The Morgan fingerprint density at radius 3 is 2.40 bits per heavy atom. The van der Waals surface area contributed by atoms with Crippen LogP contribution in [0.5, 0.6) is 11.5 Å². The molecule has 0 atom stereocenters. The molecule has 5 heteroatoms. The molecular formula is C20H25NO4. The molecule has 0 saturated heterocycles. The van der Waals surface area contributed by atoms with Gasteiger partial charge in [0.05, 0.1) is 24.0 Å². The molecule has 0 aliphatic carbocycles. The number of carbonyl (C=O) groups is 1. The van der Waals surface area contributed by atoms with Crippen LogP contribution in [0.3, 0.4) is 0 Å². The topological polar surface area (TPSA) is 56.8 Å². The molecule has 0 spiro atoms. The van der Waals surface area contributed by atoms with Gasteiger partial charge in [-0.05, 0) is 45.0 Å². The highest BCUT2D eigenvalue weighted by Crippen LogP contribution is 2.27. The molecule has 0 radical (unpaired) electrons. The summed E-state index contributed by atoms with van der Waals surface area (Å²) in [7, 11) is 0. The first-order chi connectivity index (χ1) is 12.1. The van der Waals surface area contributed by atoms with Crippen LogP contribution >= 0.6 is 0 Å². The monoisotopic (exact) mass is 343 g/mol. The molecule has 0 aliphatic rings. The van der Waals surface area contributed by atoms with Crippen molar-refractivity contribution in [1.82, 2.24) is 0 Å². The Labute approximate surface area is 148 Å². The van der Waals surface area contributed by atoms with E-state index in [1.807, 2.05) is 51.1 Å². The number of benzene rings is 2. The second-order valence-corrected chi connectivity index (χ2v) is 5.66. The van der Waals surface area contributed by atoms with Crippen LogP contribution in [0.2, 0.25) is 0 Å². The van der Waals surface area contributed by atoms with E-state index in [4.69, 9.17) is 14.2 Å². The van der Waals surface area contributed by atoms with Gasteiger partial charge < -0.3 is 19.5 Å². The molecule has 0 heterocycles. The van der Waals surface area contributed by atoms with Crippen molar-refractivity contribution in [3.8, 4) is 11.5 Å². The van der Waals surface area contributed by atoms with Crippen LogP contribution in [-0.2, 0) is 4.74 Å². The molecule has 0 saturated carbocycles. The molecule has 25 heavy (non-hydrogen) atoms. The number of carbonyl (C=O) groups excluding carboxylic acids is 1. The first kappa shape index (κ1) is 18.8. The van der Waals surface area contributed by atoms with Crippen molar-refractivity contribution in [3.05, 3.63) is 54.1 Å². The molecule has 0 fully saturated rings. The molecule has 5 nitrogen and oxygen atoms in total. The number of amides is 1. The SMILES string of the molecule is CCOCCOc1ccccc1C(=O)Nc1ccccc1OC(C)C. The summed E-state index contributed by atoms with van der Waals surface area (Å²) >= 11 is 0. The molecule has 0 aromatic heterocycles. The average Bonchev–Trinajstić information content (AvgIpc) is 2.60. The van der Waals surface area contributed by atoms with E-state index in [0.717, 1.165) is 0 Å². The van der Waals surface area contributed by atoms with Crippen LogP contribution in [0.1, 0.15) is 31.1 Å². The lowest BCUT2D eigenvalue weighted by molar-refractivity contribution is 0.0997. The van der Waals surface area contributed by atoms with E-state index >= 15 is 0 Å². The minimum atomic E-state index is -0.244. The Bertz CT molecular complexity index is 685. The van der Waals surface area contributed by atoms with Crippen molar-refractivity contribution in [1.29, 1.82) is 0 Å². The van der Waals surface area contributed by atoms with Crippen molar-refractivity contribution in [2.24, 2.45) is 0 Å². The lowest BCUT2D eigenvalue weighted by Crippen LogP contribution is -2.16. The normalized spacial score (nSPS) is 10.6. The van der Waals surface area contributed by atoms with Gasteiger partial charge in [0.25, 0.3) is 5.91 Å². The van der Waals surface area contributed by atoms with Crippen molar-refractivity contribution >= 4 is 11.6 Å². The molecule has 0 aliphatic heterocycles. The van der Waals surface area contributed by atoms with E-state index in [1.165, 1.54) is 0 Å². The molecule has 2 rings (SSSR count). The smallest absolute Gasteiger partial charge is 0.259 e. The van der Waals surface area contributed by atoms with Gasteiger partial charge in [-0.3, -0.25) is 4.79 Å². The highest BCUT2D eigenvalue weighted by Gasteiger charge is 2.14. The van der Waals surface area contributed by atoms with E-state index in [-0.39, 0.29) is 12.0 Å². The van der Waals surface area contributed by atoms with Crippen LogP contribution in [0, 0.1) is 0 Å². The maximum absolute atomic E-state index is 12.7. The summed E-state index contributed by atoms with van der Waals surface area (Å²) in [5.41, 5.74) is 1.10. The van der Waals surface area contributed by atoms with Crippen LogP contribution < -0.4 is 14.8 Å². The highest BCUT2D eigenvalue weighted by atomic mass is 16.5. The summed E-state index contributed by atoms with van der Waals surface area (Å²) in [6.45, 7) is 7.33. The Morgan fingerprint density at radius 2 is 1.68 bits per heavy atom. The molecule has 2 aromatic rings. The first-order valence-electron chi connectivity index (χ1n) is 8.48. The predicted octanol–water partition coefficient (Wildman–Crippen LogP) is 4.14. The lowest BCUT2D eigenvalue weighted by Gasteiger charge is -2.16. The number of hydrogen-bond acceptors (Lipinski definition) is 4. The van der Waals surface area contributed by atoms with Crippen molar-refractivity contribution in [2.45, 2.75) is 26.9 Å². The average molecular weight is 343 g/mol. The number of ether oxygens (including phenoxy) is 3. The molecular weight excluding hydrogens is 318 g/mol. The summed E-state index contributed by atoms with van der Waals surface area (Å²) in [5.74, 6) is 0.925. The molecule has 1 N–H and O–H groups in total. The van der Waals surface area contributed by atoms with E-state index in [0.29, 0.717) is 42.6 Å². The van der Waals surface area contributed by atoms with Crippen LogP contribution in [0.25, 0.3) is 0 Å². The maximum Gasteiger partial charge on any atom is 0.259 e. The Morgan fingerprint density at radius 1 is 1.00 bits per heavy atom. The van der Waals surface area contributed by atoms with Crippen molar-refractivity contribution < 1.29 is 19.0 Å². The number of nitrogens with one attached hydrogen (secondary N) is 1. The summed E-state index contributed by atoms with van der Waals surface area (Å²) in [6, 6.07) is 14.5. The summed E-state index contributed by atoms with van der Waals surface area (Å²) < 4.78 is 16.7. The summed E-state index contributed by atoms with van der Waals surface area (Å²) in [6.07, 6.45) is 0.0206. The zero-order valence-corrected chi connectivity index (χ0v) is 15.0. The molecule has 0 bridgehead atoms. The van der Waals surface area contributed by atoms with Gasteiger partial charge in [-0.1, -0.05) is 24.3 Å². The summed E-state index contributed by atoms with van der Waals surface area (Å²) in [5, 5.41) is 2.90. The van der Waals surface area contributed by atoms with Crippen LogP contribution in [0.15, 0.2) is 48.5 Å². The Hall–Kier alpha value is -2.53. The van der Waals surface area contributed by atoms with Gasteiger partial charge >= 0.3 is 0 Å². The van der Waals surface area contributed by atoms with Gasteiger partial charge in [0.15, 0.2) is 0 Å². The second kappa shape index (κ2) is 9.69. The first-order valence-corrected chi connectivity index (χ1v) is 8.48. The molecule has 0 unspecified atom stereocenters. The van der Waals surface area contributed by atoms with E-state index in [2.05, 4.69) is 5.32 Å². The lowest BCUT2D eigenvalue weighted by atomic mass is 10.1. The standard InChI is InChI=1S/C20H25NO4/c1-4-23-13-14-24-18-11-7-5-9-16(18)20(22)21-17-10-6-8-12-19(17)25-15(2)3/h5-12,15H,4,13-14H2,1-3H3,(H,21,22). The van der Waals surface area contributed by atoms with Crippen LogP contribution in [-0.4, -0.2) is 31.8 Å².